The summed E-state index contributed by atoms with van der Waals surface area (Å²) in [7, 11) is 0. The molecule has 2 aromatic heterocycles. The van der Waals surface area contributed by atoms with E-state index in [4.69, 9.17) is 15.5 Å². The third kappa shape index (κ3) is 4.52. The number of morpholine rings is 1. The molecule has 2 aliphatic rings. The van der Waals surface area contributed by atoms with Gasteiger partial charge in [-0.05, 0) is 29.9 Å². The van der Waals surface area contributed by atoms with Crippen molar-refractivity contribution in [3.8, 4) is 6.07 Å². The summed E-state index contributed by atoms with van der Waals surface area (Å²) in [5, 5.41) is 11.6. The number of nitriles is 1. The van der Waals surface area contributed by atoms with Gasteiger partial charge in [-0.2, -0.15) is 5.26 Å². The Morgan fingerprint density at radius 2 is 2.00 bits per heavy atom. The number of ether oxygens (including phenoxy) is 1. The molecular weight excluding hydrogens is 436 g/mol. The number of hydrogen-bond donors (Lipinski definition) is 1. The minimum Gasteiger partial charge on any atom is -0.379 e. The third-order valence-electron chi connectivity index (χ3n) is 6.44. The predicted octanol–water partition coefficient (Wildman–Crippen LogP) is 2.14. The van der Waals surface area contributed by atoms with Crippen LogP contribution in [0.4, 0.5) is 5.95 Å². The summed E-state index contributed by atoms with van der Waals surface area (Å²) in [6.07, 6.45) is 1.94. The number of aromatic nitrogens is 2. The van der Waals surface area contributed by atoms with Crippen LogP contribution in [0.5, 0.6) is 0 Å². The number of rotatable bonds is 5. The molecule has 2 aliphatic heterocycles. The van der Waals surface area contributed by atoms with Gasteiger partial charge in [0.05, 0.1) is 36.9 Å². The summed E-state index contributed by atoms with van der Waals surface area (Å²) >= 11 is 1.46. The van der Waals surface area contributed by atoms with E-state index in [0.717, 1.165) is 68.9 Å². The van der Waals surface area contributed by atoms with Crippen LogP contribution in [0.3, 0.4) is 0 Å². The first kappa shape index (κ1) is 22.0. The predicted molar refractivity (Wildman–Crippen MR) is 130 cm³/mol. The Kier molecular flexibility index (Phi) is 6.42. The van der Waals surface area contributed by atoms with Crippen molar-refractivity contribution < 1.29 is 4.74 Å². The number of benzene rings is 1. The lowest BCUT2D eigenvalue weighted by molar-refractivity contribution is 0.0344. The maximum Gasteiger partial charge on any atom is 0.273 e. The molecular formula is C24H28N6O2S. The van der Waals surface area contributed by atoms with Gasteiger partial charge >= 0.3 is 0 Å². The second kappa shape index (κ2) is 9.61. The lowest BCUT2D eigenvalue weighted by atomic mass is 10.1. The van der Waals surface area contributed by atoms with E-state index >= 15 is 0 Å². The SMILES string of the molecule is N#Cc1ccccc1Cn1c(N2CCCC(N)C2)nc2c(CN3CCOCC3)csc2c1=O. The Labute approximate surface area is 196 Å². The van der Waals surface area contributed by atoms with Gasteiger partial charge in [-0.3, -0.25) is 14.3 Å². The second-order valence-corrected chi connectivity index (χ2v) is 9.63. The normalized spacial score (nSPS) is 19.6. The van der Waals surface area contributed by atoms with Crippen LogP contribution >= 0.6 is 11.3 Å². The average Bonchev–Trinajstić information content (AvgIpc) is 3.24. The molecule has 1 atom stereocenters. The molecule has 4 heterocycles. The van der Waals surface area contributed by atoms with Crippen molar-refractivity contribution in [2.24, 2.45) is 5.73 Å². The van der Waals surface area contributed by atoms with Crippen LogP contribution < -0.4 is 16.2 Å². The van der Waals surface area contributed by atoms with Crippen LogP contribution in [0.15, 0.2) is 34.4 Å². The number of fused-ring (bicyclic) bond motifs is 1. The van der Waals surface area contributed by atoms with Crippen molar-refractivity contribution in [1.29, 1.82) is 5.26 Å². The molecule has 2 N–H and O–H groups in total. The quantitative estimate of drug-likeness (QED) is 0.617. The zero-order valence-electron chi connectivity index (χ0n) is 18.6. The summed E-state index contributed by atoms with van der Waals surface area (Å²) in [5.74, 6) is 0.650. The summed E-state index contributed by atoms with van der Waals surface area (Å²) in [6, 6.07) is 9.73. The van der Waals surface area contributed by atoms with Crippen molar-refractivity contribution in [1.82, 2.24) is 14.5 Å². The van der Waals surface area contributed by atoms with E-state index in [1.807, 2.05) is 18.2 Å². The highest BCUT2D eigenvalue weighted by Gasteiger charge is 2.25. The Balaban J connectivity index is 1.60. The summed E-state index contributed by atoms with van der Waals surface area (Å²) < 4.78 is 7.87. The maximum atomic E-state index is 13.7. The van der Waals surface area contributed by atoms with Gasteiger partial charge in [0.2, 0.25) is 5.95 Å². The molecule has 1 unspecified atom stereocenters. The highest BCUT2D eigenvalue weighted by molar-refractivity contribution is 7.17. The lowest BCUT2D eigenvalue weighted by Gasteiger charge is -2.33. The number of hydrogen-bond acceptors (Lipinski definition) is 8. The molecule has 5 rings (SSSR count). The smallest absolute Gasteiger partial charge is 0.273 e. The zero-order valence-corrected chi connectivity index (χ0v) is 19.4. The van der Waals surface area contributed by atoms with E-state index in [0.29, 0.717) is 29.3 Å². The molecule has 33 heavy (non-hydrogen) atoms. The molecule has 8 nitrogen and oxygen atoms in total. The molecule has 2 fully saturated rings. The summed E-state index contributed by atoms with van der Waals surface area (Å²) in [6.45, 7) is 5.78. The van der Waals surface area contributed by atoms with E-state index in [1.54, 1.807) is 10.6 Å². The van der Waals surface area contributed by atoms with E-state index in [-0.39, 0.29) is 11.6 Å². The monoisotopic (exact) mass is 464 g/mol. The highest BCUT2D eigenvalue weighted by atomic mass is 32.1. The molecule has 3 aromatic rings. The van der Waals surface area contributed by atoms with Gasteiger partial charge in [0.25, 0.3) is 5.56 Å². The third-order valence-corrected chi connectivity index (χ3v) is 7.44. The van der Waals surface area contributed by atoms with Gasteiger partial charge in [-0.15, -0.1) is 11.3 Å². The molecule has 2 saturated heterocycles. The zero-order chi connectivity index (χ0) is 22.8. The molecule has 172 valence electrons. The maximum absolute atomic E-state index is 13.7. The molecule has 0 bridgehead atoms. The van der Waals surface area contributed by atoms with Crippen LogP contribution in [0, 0.1) is 11.3 Å². The highest BCUT2D eigenvalue weighted by Crippen LogP contribution is 2.27. The van der Waals surface area contributed by atoms with Crippen molar-refractivity contribution in [2.75, 3.05) is 44.3 Å². The number of anilines is 1. The van der Waals surface area contributed by atoms with Crippen LogP contribution in [0.1, 0.15) is 29.5 Å². The standard InChI is InChI=1S/C24H28N6O2S/c25-12-17-4-1-2-5-18(17)14-30-23(31)22-21(27-24(30)29-7-3-6-20(26)15-29)19(16-33-22)13-28-8-10-32-11-9-28/h1-2,4-5,16,20H,3,6-11,13-15,26H2. The van der Waals surface area contributed by atoms with Gasteiger partial charge in [0.1, 0.15) is 4.70 Å². The van der Waals surface area contributed by atoms with Gasteiger partial charge in [-0.25, -0.2) is 4.98 Å². The fourth-order valence-electron chi connectivity index (χ4n) is 4.66. The number of thiophene rings is 1. The molecule has 0 amide bonds. The first-order valence-electron chi connectivity index (χ1n) is 11.4. The minimum atomic E-state index is -0.0554. The molecule has 1 aromatic carbocycles. The number of nitrogens with zero attached hydrogens (tertiary/aromatic N) is 5. The average molecular weight is 465 g/mol. The van der Waals surface area contributed by atoms with Gasteiger partial charge in [0.15, 0.2) is 0 Å². The van der Waals surface area contributed by atoms with Crippen LogP contribution in [-0.4, -0.2) is 59.9 Å². The number of piperidine rings is 1. The first-order chi connectivity index (χ1) is 16.1. The lowest BCUT2D eigenvalue weighted by Crippen LogP contribution is -2.45. The molecule has 0 spiro atoms. The summed E-state index contributed by atoms with van der Waals surface area (Å²) in [4.78, 5) is 23.3. The molecule has 0 aliphatic carbocycles. The molecule has 9 heteroatoms. The minimum absolute atomic E-state index is 0.0554. The fraction of sp³-hybridized carbons (Fsp3) is 0.458. The van der Waals surface area contributed by atoms with Crippen molar-refractivity contribution in [2.45, 2.75) is 32.0 Å². The Hall–Kier alpha value is -2.77. The van der Waals surface area contributed by atoms with E-state index < -0.39 is 0 Å². The Bertz CT molecular complexity index is 1240. The van der Waals surface area contributed by atoms with Crippen molar-refractivity contribution >= 4 is 27.5 Å². The van der Waals surface area contributed by atoms with Gasteiger partial charge < -0.3 is 15.4 Å². The largest absolute Gasteiger partial charge is 0.379 e. The van der Waals surface area contributed by atoms with E-state index in [9.17, 15) is 10.1 Å². The second-order valence-electron chi connectivity index (χ2n) is 8.75. The van der Waals surface area contributed by atoms with Gasteiger partial charge in [-0.1, -0.05) is 18.2 Å². The first-order valence-corrected chi connectivity index (χ1v) is 12.3. The Morgan fingerprint density at radius 3 is 2.79 bits per heavy atom. The van der Waals surface area contributed by atoms with E-state index in [2.05, 4.69) is 21.2 Å². The molecule has 0 radical (unpaired) electrons. The Morgan fingerprint density at radius 1 is 1.18 bits per heavy atom. The summed E-state index contributed by atoms with van der Waals surface area (Å²) in [5.41, 5.74) is 9.48. The number of nitrogens with two attached hydrogens (primary N) is 1. The topological polar surface area (TPSA) is 100 Å². The van der Waals surface area contributed by atoms with E-state index in [1.165, 1.54) is 11.3 Å². The fourth-order valence-corrected chi connectivity index (χ4v) is 5.61. The van der Waals surface area contributed by atoms with Crippen molar-refractivity contribution in [3.05, 3.63) is 56.7 Å². The van der Waals surface area contributed by atoms with Crippen LogP contribution in [0.2, 0.25) is 0 Å². The van der Waals surface area contributed by atoms with Crippen LogP contribution in [0.25, 0.3) is 10.2 Å². The molecule has 0 saturated carbocycles. The van der Waals surface area contributed by atoms with Crippen LogP contribution in [-0.2, 0) is 17.8 Å². The van der Waals surface area contributed by atoms with Gasteiger partial charge in [0, 0.05) is 44.3 Å². The van der Waals surface area contributed by atoms with Crippen molar-refractivity contribution in [3.63, 3.8) is 0 Å².